The van der Waals surface area contributed by atoms with Crippen LogP contribution in [0.4, 0.5) is 0 Å². The molecule has 78 valence electrons. The van der Waals surface area contributed by atoms with Gasteiger partial charge in [0.25, 0.3) is 0 Å². The molecule has 0 radical (unpaired) electrons. The number of benzene rings is 1. The molecule has 1 aliphatic rings. The van der Waals surface area contributed by atoms with Crippen molar-refractivity contribution < 1.29 is 9.90 Å². The Morgan fingerprint density at radius 2 is 2.20 bits per heavy atom. The highest BCUT2D eigenvalue weighted by Gasteiger charge is 2.12. The molecule has 3 heteroatoms. The first-order valence-corrected chi connectivity index (χ1v) is 5.22. The Bertz CT molecular complexity index is 435. The molecule has 0 aromatic heterocycles. The van der Waals surface area contributed by atoms with Crippen molar-refractivity contribution in [2.45, 2.75) is 19.3 Å². The van der Waals surface area contributed by atoms with Crippen molar-refractivity contribution in [3.05, 3.63) is 39.9 Å². The summed E-state index contributed by atoms with van der Waals surface area (Å²) >= 11 is 5.88. The summed E-state index contributed by atoms with van der Waals surface area (Å²) in [4.78, 5) is 10.6. The molecule has 0 saturated heterocycles. The van der Waals surface area contributed by atoms with E-state index in [1.807, 2.05) is 24.3 Å². The van der Waals surface area contributed by atoms with Crippen molar-refractivity contribution in [1.82, 2.24) is 0 Å². The van der Waals surface area contributed by atoms with E-state index in [1.54, 1.807) is 0 Å². The lowest BCUT2D eigenvalue weighted by Gasteiger charge is -2.15. The monoisotopic (exact) mass is 222 g/mol. The standard InChI is InChI=1S/C12H11ClO2/c13-11-4-3-9-5-8(6-12(14)15)1-2-10(9)7-11/h3-5,7H,1-2,6H2,(H,14,15). The van der Waals surface area contributed by atoms with E-state index in [0.29, 0.717) is 0 Å². The number of carboxylic acids is 1. The summed E-state index contributed by atoms with van der Waals surface area (Å²) in [6.07, 6.45) is 3.81. The van der Waals surface area contributed by atoms with Crippen LogP contribution in [0.3, 0.4) is 0 Å². The Morgan fingerprint density at radius 1 is 1.40 bits per heavy atom. The second-order valence-corrected chi connectivity index (χ2v) is 4.15. The first kappa shape index (κ1) is 10.2. The number of halogens is 1. The minimum absolute atomic E-state index is 0.141. The number of rotatable bonds is 2. The summed E-state index contributed by atoms with van der Waals surface area (Å²) in [7, 11) is 0. The van der Waals surface area contributed by atoms with Crippen LogP contribution in [0.1, 0.15) is 24.0 Å². The number of carbonyl (C=O) groups is 1. The minimum atomic E-state index is -0.765. The number of aryl methyl sites for hydroxylation is 1. The highest BCUT2D eigenvalue weighted by atomic mass is 35.5. The van der Waals surface area contributed by atoms with Crippen LogP contribution in [0.25, 0.3) is 6.08 Å². The third-order valence-corrected chi connectivity index (χ3v) is 2.79. The van der Waals surface area contributed by atoms with Gasteiger partial charge in [0.05, 0.1) is 6.42 Å². The third kappa shape index (κ3) is 2.39. The highest BCUT2D eigenvalue weighted by Crippen LogP contribution is 2.27. The molecule has 0 aliphatic heterocycles. The minimum Gasteiger partial charge on any atom is -0.481 e. The SMILES string of the molecule is O=C(O)CC1=Cc2ccc(Cl)cc2CC1. The molecule has 1 N–H and O–H groups in total. The van der Waals surface area contributed by atoms with E-state index in [2.05, 4.69) is 0 Å². The predicted octanol–water partition coefficient (Wildman–Crippen LogP) is 3.14. The van der Waals surface area contributed by atoms with Gasteiger partial charge in [-0.3, -0.25) is 4.79 Å². The lowest BCUT2D eigenvalue weighted by atomic mass is 9.91. The third-order valence-electron chi connectivity index (χ3n) is 2.56. The number of hydrogen-bond acceptors (Lipinski definition) is 1. The van der Waals surface area contributed by atoms with Gasteiger partial charge in [0, 0.05) is 5.02 Å². The molecule has 0 saturated carbocycles. The molecule has 1 aromatic rings. The number of carboxylic acid groups (broad SMARTS) is 1. The van der Waals surface area contributed by atoms with Crippen molar-refractivity contribution in [3.63, 3.8) is 0 Å². The fraction of sp³-hybridized carbons (Fsp3) is 0.250. The molecule has 0 heterocycles. The van der Waals surface area contributed by atoms with Gasteiger partial charge in [-0.2, -0.15) is 0 Å². The molecule has 0 amide bonds. The number of aliphatic carboxylic acids is 1. The fourth-order valence-corrected chi connectivity index (χ4v) is 2.05. The summed E-state index contributed by atoms with van der Waals surface area (Å²) in [5, 5.41) is 9.44. The van der Waals surface area contributed by atoms with Gasteiger partial charge in [-0.25, -0.2) is 0 Å². The second-order valence-electron chi connectivity index (χ2n) is 3.72. The second kappa shape index (κ2) is 4.07. The van der Waals surface area contributed by atoms with E-state index in [-0.39, 0.29) is 6.42 Å². The maximum absolute atomic E-state index is 10.6. The van der Waals surface area contributed by atoms with Crippen molar-refractivity contribution >= 4 is 23.6 Å². The van der Waals surface area contributed by atoms with Gasteiger partial charge >= 0.3 is 5.97 Å². The van der Waals surface area contributed by atoms with Gasteiger partial charge in [-0.1, -0.05) is 29.3 Å². The zero-order chi connectivity index (χ0) is 10.8. The zero-order valence-electron chi connectivity index (χ0n) is 8.16. The molecule has 15 heavy (non-hydrogen) atoms. The number of fused-ring (bicyclic) bond motifs is 1. The Balaban J connectivity index is 2.29. The van der Waals surface area contributed by atoms with E-state index in [9.17, 15) is 4.79 Å². The quantitative estimate of drug-likeness (QED) is 0.835. The maximum atomic E-state index is 10.6. The molecule has 0 unspecified atom stereocenters. The van der Waals surface area contributed by atoms with Crippen LogP contribution >= 0.6 is 11.6 Å². The lowest BCUT2D eigenvalue weighted by molar-refractivity contribution is -0.136. The Labute approximate surface area is 93.2 Å². The van der Waals surface area contributed by atoms with Crippen molar-refractivity contribution in [3.8, 4) is 0 Å². The van der Waals surface area contributed by atoms with Crippen LogP contribution in [0, 0.1) is 0 Å². The fourth-order valence-electron chi connectivity index (χ4n) is 1.85. The lowest BCUT2D eigenvalue weighted by Crippen LogP contribution is -2.03. The zero-order valence-corrected chi connectivity index (χ0v) is 8.92. The van der Waals surface area contributed by atoms with Gasteiger partial charge in [0.2, 0.25) is 0 Å². The van der Waals surface area contributed by atoms with Gasteiger partial charge in [-0.15, -0.1) is 0 Å². The highest BCUT2D eigenvalue weighted by molar-refractivity contribution is 6.30. The van der Waals surface area contributed by atoms with Gasteiger partial charge in [0.15, 0.2) is 0 Å². The molecule has 2 nitrogen and oxygen atoms in total. The Hall–Kier alpha value is -1.28. The smallest absolute Gasteiger partial charge is 0.307 e. The van der Waals surface area contributed by atoms with Crippen LogP contribution in [0.2, 0.25) is 5.02 Å². The van der Waals surface area contributed by atoms with Crippen molar-refractivity contribution in [2.75, 3.05) is 0 Å². The van der Waals surface area contributed by atoms with Crippen molar-refractivity contribution in [1.29, 1.82) is 0 Å². The first-order valence-electron chi connectivity index (χ1n) is 4.85. The van der Waals surface area contributed by atoms with E-state index in [1.165, 1.54) is 5.56 Å². The Morgan fingerprint density at radius 3 is 2.93 bits per heavy atom. The predicted molar refractivity (Wildman–Crippen MR) is 60.0 cm³/mol. The summed E-state index contributed by atoms with van der Waals surface area (Å²) in [5.41, 5.74) is 3.29. The average molecular weight is 223 g/mol. The topological polar surface area (TPSA) is 37.3 Å². The van der Waals surface area contributed by atoms with Gasteiger partial charge in [0.1, 0.15) is 0 Å². The molecule has 1 aliphatic carbocycles. The Kier molecular flexibility index (Phi) is 2.78. The summed E-state index contributed by atoms with van der Waals surface area (Å²) in [6, 6.07) is 5.73. The summed E-state index contributed by atoms with van der Waals surface area (Å²) in [5.74, 6) is -0.765. The molecular formula is C12H11ClO2. The molecule has 0 fully saturated rings. The van der Waals surface area contributed by atoms with Crippen LogP contribution in [0.5, 0.6) is 0 Å². The molecule has 0 bridgehead atoms. The molecule has 1 aromatic carbocycles. The maximum Gasteiger partial charge on any atom is 0.307 e. The van der Waals surface area contributed by atoms with E-state index in [4.69, 9.17) is 16.7 Å². The molecule has 0 spiro atoms. The summed E-state index contributed by atoms with van der Waals surface area (Å²) in [6.45, 7) is 0. The van der Waals surface area contributed by atoms with Gasteiger partial charge in [-0.05, 0) is 36.1 Å². The normalized spacial score (nSPS) is 14.3. The van der Waals surface area contributed by atoms with Crippen LogP contribution < -0.4 is 0 Å². The molecule has 0 atom stereocenters. The van der Waals surface area contributed by atoms with E-state index in [0.717, 1.165) is 29.0 Å². The molecular weight excluding hydrogens is 212 g/mol. The average Bonchev–Trinajstić information content (AvgIpc) is 2.17. The molecule has 2 rings (SSSR count). The van der Waals surface area contributed by atoms with Gasteiger partial charge < -0.3 is 5.11 Å². The van der Waals surface area contributed by atoms with Crippen LogP contribution in [0.15, 0.2) is 23.8 Å². The number of hydrogen-bond donors (Lipinski definition) is 1. The summed E-state index contributed by atoms with van der Waals surface area (Å²) < 4.78 is 0. The first-order chi connectivity index (χ1) is 7.15. The van der Waals surface area contributed by atoms with Crippen molar-refractivity contribution in [2.24, 2.45) is 0 Å². The largest absolute Gasteiger partial charge is 0.481 e. The van der Waals surface area contributed by atoms with Crippen LogP contribution in [-0.4, -0.2) is 11.1 Å². The van der Waals surface area contributed by atoms with Crippen LogP contribution in [-0.2, 0) is 11.2 Å². The van der Waals surface area contributed by atoms with E-state index >= 15 is 0 Å². The van der Waals surface area contributed by atoms with E-state index < -0.39 is 5.97 Å².